The Labute approximate surface area is 98.8 Å². The first kappa shape index (κ1) is 13.0. The van der Waals surface area contributed by atoms with E-state index in [0.717, 1.165) is 0 Å². The van der Waals surface area contributed by atoms with Crippen molar-refractivity contribution in [2.75, 3.05) is 5.75 Å². The Morgan fingerprint density at radius 3 is 2.31 bits per heavy atom. The molecule has 1 rings (SSSR count). The van der Waals surface area contributed by atoms with E-state index in [0.29, 0.717) is 10.6 Å². The molecule has 0 amide bonds. The van der Waals surface area contributed by atoms with Crippen LogP contribution in [0.2, 0.25) is 5.02 Å². The van der Waals surface area contributed by atoms with Crippen molar-refractivity contribution >= 4 is 27.4 Å². The van der Waals surface area contributed by atoms with E-state index in [-0.39, 0.29) is 17.9 Å². The van der Waals surface area contributed by atoms with Crippen molar-refractivity contribution < 1.29 is 18.3 Å². The van der Waals surface area contributed by atoms with Crippen LogP contribution in [0, 0.1) is 0 Å². The molecule has 0 heterocycles. The Kier molecular flexibility index (Phi) is 4.32. The van der Waals surface area contributed by atoms with E-state index in [2.05, 4.69) is 0 Å². The van der Waals surface area contributed by atoms with Crippen molar-refractivity contribution in [2.24, 2.45) is 0 Å². The second-order valence-electron chi connectivity index (χ2n) is 3.36. The van der Waals surface area contributed by atoms with Gasteiger partial charge in [-0.15, -0.1) is 0 Å². The van der Waals surface area contributed by atoms with Crippen molar-refractivity contribution in [1.29, 1.82) is 0 Å². The lowest BCUT2D eigenvalue weighted by molar-refractivity contribution is -0.136. The monoisotopic (exact) mass is 262 g/mol. The second kappa shape index (κ2) is 5.32. The minimum absolute atomic E-state index is 0.155. The van der Waals surface area contributed by atoms with Gasteiger partial charge in [0.25, 0.3) is 0 Å². The van der Waals surface area contributed by atoms with Crippen LogP contribution in [0.15, 0.2) is 24.3 Å². The predicted molar refractivity (Wildman–Crippen MR) is 61.2 cm³/mol. The van der Waals surface area contributed by atoms with Gasteiger partial charge >= 0.3 is 5.97 Å². The molecule has 1 aromatic carbocycles. The van der Waals surface area contributed by atoms with E-state index in [9.17, 15) is 13.2 Å². The van der Waals surface area contributed by atoms with Gasteiger partial charge in [-0.25, -0.2) is 8.42 Å². The predicted octanol–water partition coefficient (Wildman–Crippen LogP) is 1.73. The summed E-state index contributed by atoms with van der Waals surface area (Å²) in [5, 5.41) is 8.93. The Bertz CT molecular complexity index is 464. The Balaban J connectivity index is 2.65. The topological polar surface area (TPSA) is 71.4 Å². The molecule has 88 valence electrons. The molecular formula is C10H11ClO4S. The maximum absolute atomic E-state index is 11.5. The van der Waals surface area contributed by atoms with Crippen molar-refractivity contribution in [1.82, 2.24) is 0 Å². The normalized spacial score (nSPS) is 11.3. The fourth-order valence-electron chi connectivity index (χ4n) is 1.15. The summed E-state index contributed by atoms with van der Waals surface area (Å²) in [6.07, 6.45) is -0.365. The number of rotatable bonds is 5. The maximum Gasteiger partial charge on any atom is 0.304 e. The first-order valence-corrected chi connectivity index (χ1v) is 6.76. The Hall–Kier alpha value is -1.07. The van der Waals surface area contributed by atoms with Gasteiger partial charge in [-0.1, -0.05) is 23.7 Å². The molecule has 0 aliphatic heterocycles. The minimum Gasteiger partial charge on any atom is -0.481 e. The van der Waals surface area contributed by atoms with Crippen molar-refractivity contribution in [3.8, 4) is 0 Å². The van der Waals surface area contributed by atoms with Crippen LogP contribution < -0.4 is 0 Å². The van der Waals surface area contributed by atoms with Crippen LogP contribution in [0.1, 0.15) is 12.0 Å². The van der Waals surface area contributed by atoms with E-state index in [1.165, 1.54) is 0 Å². The van der Waals surface area contributed by atoms with Crippen LogP contribution in [0.25, 0.3) is 0 Å². The minimum atomic E-state index is -3.37. The van der Waals surface area contributed by atoms with Crippen molar-refractivity contribution in [3.05, 3.63) is 34.9 Å². The number of carbonyl (C=O) groups is 1. The summed E-state index contributed by atoms with van der Waals surface area (Å²) in [4.78, 5) is 10.3. The standard InChI is InChI=1S/C10H11ClO4S/c11-9-3-1-8(2-4-9)7-16(14,15)6-5-10(12)13/h1-4H,5-7H2,(H,12,13). The lowest BCUT2D eigenvalue weighted by Gasteiger charge is -2.02. The summed E-state index contributed by atoms with van der Waals surface area (Å²) in [6, 6.07) is 6.43. The van der Waals surface area contributed by atoms with Crippen LogP contribution in [0.4, 0.5) is 0 Å². The molecule has 0 bridgehead atoms. The first-order chi connectivity index (χ1) is 7.39. The lowest BCUT2D eigenvalue weighted by atomic mass is 10.2. The zero-order valence-corrected chi connectivity index (χ0v) is 9.96. The molecule has 1 N–H and O–H groups in total. The third-order valence-electron chi connectivity index (χ3n) is 1.93. The third kappa shape index (κ3) is 4.63. The molecule has 0 spiro atoms. The van der Waals surface area contributed by atoms with Gasteiger partial charge in [-0.2, -0.15) is 0 Å². The summed E-state index contributed by atoms with van der Waals surface area (Å²) < 4.78 is 23.0. The number of carboxylic acid groups (broad SMARTS) is 1. The van der Waals surface area contributed by atoms with Crippen LogP contribution >= 0.6 is 11.6 Å². The number of sulfone groups is 1. The van der Waals surface area contributed by atoms with Crippen LogP contribution in [-0.4, -0.2) is 25.2 Å². The highest BCUT2D eigenvalue weighted by Gasteiger charge is 2.13. The van der Waals surface area contributed by atoms with Gasteiger partial charge in [0, 0.05) is 5.02 Å². The van der Waals surface area contributed by atoms with Crippen LogP contribution in [-0.2, 0) is 20.4 Å². The highest BCUT2D eigenvalue weighted by atomic mass is 35.5. The van der Waals surface area contributed by atoms with Crippen molar-refractivity contribution in [3.63, 3.8) is 0 Å². The van der Waals surface area contributed by atoms with Gasteiger partial charge in [0.15, 0.2) is 9.84 Å². The van der Waals surface area contributed by atoms with Gasteiger partial charge in [-0.05, 0) is 17.7 Å². The Morgan fingerprint density at radius 2 is 1.81 bits per heavy atom. The zero-order valence-electron chi connectivity index (χ0n) is 8.39. The summed E-state index contributed by atoms with van der Waals surface area (Å²) in [5.74, 6) is -1.61. The number of benzene rings is 1. The highest BCUT2D eigenvalue weighted by Crippen LogP contribution is 2.12. The summed E-state index contributed by atoms with van der Waals surface area (Å²) in [7, 11) is -3.37. The van der Waals surface area contributed by atoms with Gasteiger partial charge < -0.3 is 5.11 Å². The molecule has 0 saturated heterocycles. The molecular weight excluding hydrogens is 252 g/mol. The molecule has 0 fully saturated rings. The van der Waals surface area contributed by atoms with E-state index in [1.54, 1.807) is 24.3 Å². The smallest absolute Gasteiger partial charge is 0.304 e. The first-order valence-electron chi connectivity index (χ1n) is 4.56. The molecule has 0 aliphatic carbocycles. The van der Waals surface area contributed by atoms with Gasteiger partial charge in [0.2, 0.25) is 0 Å². The molecule has 0 unspecified atom stereocenters. The molecule has 0 atom stereocenters. The molecule has 6 heteroatoms. The largest absolute Gasteiger partial charge is 0.481 e. The summed E-state index contributed by atoms with van der Waals surface area (Å²) >= 11 is 5.66. The average molecular weight is 263 g/mol. The summed E-state index contributed by atoms with van der Waals surface area (Å²) in [5.41, 5.74) is 0.606. The van der Waals surface area contributed by atoms with E-state index < -0.39 is 15.8 Å². The molecule has 16 heavy (non-hydrogen) atoms. The number of hydrogen-bond acceptors (Lipinski definition) is 3. The highest BCUT2D eigenvalue weighted by molar-refractivity contribution is 7.90. The molecule has 4 nitrogen and oxygen atoms in total. The SMILES string of the molecule is O=C(O)CCS(=O)(=O)Cc1ccc(Cl)cc1. The van der Waals surface area contributed by atoms with Gasteiger partial charge in [-0.3, -0.25) is 4.79 Å². The molecule has 0 radical (unpaired) electrons. The van der Waals surface area contributed by atoms with Crippen LogP contribution in [0.5, 0.6) is 0 Å². The quantitative estimate of drug-likeness (QED) is 0.877. The molecule has 0 aliphatic rings. The third-order valence-corrected chi connectivity index (χ3v) is 3.78. The fraction of sp³-hybridized carbons (Fsp3) is 0.300. The van der Waals surface area contributed by atoms with Crippen molar-refractivity contribution in [2.45, 2.75) is 12.2 Å². The van der Waals surface area contributed by atoms with E-state index in [1.807, 2.05) is 0 Å². The van der Waals surface area contributed by atoms with Gasteiger partial charge in [0.1, 0.15) is 0 Å². The van der Waals surface area contributed by atoms with Gasteiger partial charge in [0.05, 0.1) is 17.9 Å². The molecule has 0 saturated carbocycles. The number of halogens is 1. The molecule has 0 aromatic heterocycles. The van der Waals surface area contributed by atoms with E-state index in [4.69, 9.17) is 16.7 Å². The number of aliphatic carboxylic acids is 1. The second-order valence-corrected chi connectivity index (χ2v) is 5.98. The number of carboxylic acids is 1. The molecule has 1 aromatic rings. The lowest BCUT2D eigenvalue weighted by Crippen LogP contribution is -2.12. The summed E-state index contributed by atoms with van der Waals surface area (Å²) in [6.45, 7) is 0. The average Bonchev–Trinajstić information content (AvgIpc) is 2.19. The Morgan fingerprint density at radius 1 is 1.25 bits per heavy atom. The maximum atomic E-state index is 11.5. The fourth-order valence-corrected chi connectivity index (χ4v) is 2.61. The zero-order chi connectivity index (χ0) is 12.2. The van der Waals surface area contributed by atoms with E-state index >= 15 is 0 Å². The number of hydrogen-bond donors (Lipinski definition) is 1. The van der Waals surface area contributed by atoms with Crippen LogP contribution in [0.3, 0.4) is 0 Å².